The first-order valence-electron chi connectivity index (χ1n) is 8.36. The third kappa shape index (κ3) is 6.16. The van der Waals surface area contributed by atoms with Crippen LogP contribution in [0.3, 0.4) is 0 Å². The molecule has 1 amide bonds. The third-order valence-electron chi connectivity index (χ3n) is 3.54. The summed E-state index contributed by atoms with van der Waals surface area (Å²) in [5.41, 5.74) is 2.15. The largest absolute Gasteiger partial charge is 0.449 e. The molecule has 1 atom stereocenters. The zero-order chi connectivity index (χ0) is 20.7. The van der Waals surface area contributed by atoms with Crippen molar-refractivity contribution in [3.63, 3.8) is 0 Å². The van der Waals surface area contributed by atoms with Crippen molar-refractivity contribution in [3.05, 3.63) is 57.3 Å². The van der Waals surface area contributed by atoms with Crippen LogP contribution >= 0.6 is 11.3 Å². The molecule has 1 aromatic carbocycles. The van der Waals surface area contributed by atoms with Crippen molar-refractivity contribution in [1.29, 1.82) is 0 Å². The number of nitrogens with zero attached hydrogens (tertiary/aromatic N) is 1. The zero-order valence-corrected chi connectivity index (χ0v) is 16.8. The molecule has 0 aliphatic rings. The molecule has 5 nitrogen and oxygen atoms in total. The first-order chi connectivity index (χ1) is 13.2. The third-order valence-corrected chi connectivity index (χ3v) is 6.09. The summed E-state index contributed by atoms with van der Waals surface area (Å²) in [6.45, 7) is 3.62. The number of ether oxygens (including phenoxy) is 1. The minimum Gasteiger partial charge on any atom is -0.449 e. The van der Waals surface area contributed by atoms with E-state index >= 15 is 0 Å². The number of carbonyl (C=O) groups is 1. The second kappa shape index (κ2) is 9.83. The van der Waals surface area contributed by atoms with E-state index in [2.05, 4.69) is 10.5 Å². The summed E-state index contributed by atoms with van der Waals surface area (Å²) in [4.78, 5) is 13.0. The maximum Gasteiger partial charge on any atom is 0.427 e. The van der Waals surface area contributed by atoms with Crippen LogP contribution in [0.1, 0.15) is 34.7 Å². The van der Waals surface area contributed by atoms with Crippen molar-refractivity contribution in [1.82, 2.24) is 5.43 Å². The van der Waals surface area contributed by atoms with E-state index in [1.165, 1.54) is 23.5 Å². The summed E-state index contributed by atoms with van der Waals surface area (Å²) in [6, 6.07) is 8.01. The Labute approximate surface area is 167 Å². The van der Waals surface area contributed by atoms with Crippen molar-refractivity contribution in [2.45, 2.75) is 25.8 Å². The Hall–Kier alpha value is -2.20. The average molecular weight is 432 g/mol. The normalized spacial score (nSPS) is 13.2. The predicted molar refractivity (Wildman–Crippen MR) is 104 cm³/mol. The van der Waals surface area contributed by atoms with Gasteiger partial charge in [0.15, 0.2) is 0 Å². The molecule has 2 aromatic rings. The number of halogens is 3. The first-order valence-corrected chi connectivity index (χ1v) is 10.7. The summed E-state index contributed by atoms with van der Waals surface area (Å²) in [7, 11) is -0.993. The summed E-state index contributed by atoms with van der Waals surface area (Å²) < 4.78 is 54.9. The summed E-state index contributed by atoms with van der Waals surface area (Å²) in [5, 5.41) is 4.03. The van der Waals surface area contributed by atoms with Crippen molar-refractivity contribution >= 4 is 33.9 Å². The number of hydrazone groups is 1. The summed E-state index contributed by atoms with van der Waals surface area (Å²) in [6.07, 6.45) is -5.21. The van der Waals surface area contributed by atoms with Crippen molar-refractivity contribution < 1.29 is 26.9 Å². The van der Waals surface area contributed by atoms with Crippen LogP contribution in [-0.2, 0) is 27.5 Å². The van der Waals surface area contributed by atoms with Gasteiger partial charge in [0.1, 0.15) is 5.71 Å². The van der Waals surface area contributed by atoms with Gasteiger partial charge in [-0.1, -0.05) is 19.1 Å². The molecule has 0 saturated heterocycles. The fourth-order valence-electron chi connectivity index (χ4n) is 2.19. The summed E-state index contributed by atoms with van der Waals surface area (Å²) in [5.74, 6) is 0.907. The molecule has 0 spiro atoms. The Morgan fingerprint density at radius 2 is 1.86 bits per heavy atom. The average Bonchev–Trinajstić information content (AvgIpc) is 3.09. The molecule has 0 saturated carbocycles. The Bertz CT molecular complexity index is 862. The topological polar surface area (TPSA) is 67.8 Å². The fourth-order valence-corrected chi connectivity index (χ4v) is 4.25. The number of rotatable bonds is 7. The van der Waals surface area contributed by atoms with Crippen LogP contribution in [0.5, 0.6) is 0 Å². The van der Waals surface area contributed by atoms with Crippen molar-refractivity contribution in [3.8, 4) is 0 Å². The molecule has 1 aromatic heterocycles. The number of hydrogen-bond donors (Lipinski definition) is 1. The Morgan fingerprint density at radius 1 is 1.18 bits per heavy atom. The lowest BCUT2D eigenvalue weighted by Crippen LogP contribution is -2.21. The van der Waals surface area contributed by atoms with Gasteiger partial charge in [-0.3, -0.25) is 4.21 Å². The molecule has 0 fully saturated rings. The maximum atomic E-state index is 12.8. The number of hydrogen-bond acceptors (Lipinski definition) is 5. The number of thiophene rings is 1. The summed E-state index contributed by atoms with van der Waals surface area (Å²) >= 11 is 1.32. The highest BCUT2D eigenvalue weighted by Gasteiger charge is 2.30. The molecule has 0 aliphatic heterocycles. The van der Waals surface area contributed by atoms with E-state index in [1.807, 2.05) is 6.92 Å². The van der Waals surface area contributed by atoms with Gasteiger partial charge in [0.25, 0.3) is 0 Å². The first kappa shape index (κ1) is 22.1. The number of nitrogens with one attached hydrogen (secondary N) is 1. The van der Waals surface area contributed by atoms with Gasteiger partial charge in [0.2, 0.25) is 0 Å². The Morgan fingerprint density at radius 3 is 2.43 bits per heavy atom. The minimum absolute atomic E-state index is 0.156. The van der Waals surface area contributed by atoms with Gasteiger partial charge in [-0.25, -0.2) is 10.2 Å². The van der Waals surface area contributed by atoms with Gasteiger partial charge in [0, 0.05) is 27.0 Å². The van der Waals surface area contributed by atoms with Crippen LogP contribution in [0.15, 0.2) is 41.5 Å². The van der Waals surface area contributed by atoms with E-state index in [-0.39, 0.29) is 6.61 Å². The van der Waals surface area contributed by atoms with Crippen LogP contribution < -0.4 is 5.43 Å². The molecule has 2 rings (SSSR count). The van der Waals surface area contributed by atoms with Gasteiger partial charge in [-0.2, -0.15) is 18.3 Å². The lowest BCUT2D eigenvalue weighted by atomic mass is 10.1. The highest BCUT2D eigenvalue weighted by Crippen LogP contribution is 2.30. The number of carbonyl (C=O) groups excluding carboxylic acids is 1. The molecule has 1 heterocycles. The molecule has 152 valence electrons. The minimum atomic E-state index is -4.45. The van der Waals surface area contributed by atoms with E-state index in [0.717, 1.165) is 17.0 Å². The van der Waals surface area contributed by atoms with Crippen LogP contribution in [-0.4, -0.2) is 28.4 Å². The van der Waals surface area contributed by atoms with E-state index < -0.39 is 28.6 Å². The smallest absolute Gasteiger partial charge is 0.427 e. The second-order valence-electron chi connectivity index (χ2n) is 5.51. The highest BCUT2D eigenvalue weighted by atomic mass is 32.2. The van der Waals surface area contributed by atoms with Crippen LogP contribution in [0.25, 0.3) is 0 Å². The van der Waals surface area contributed by atoms with E-state index in [9.17, 15) is 22.2 Å². The standard InChI is InChI=1S/C18H19F3N2O3S2/c1-3-26-17(24)23-22-16(12-5-7-13(8-6-12)18(19,20)21)15-10-9-14(27-15)11-28(25)4-2/h5-10H,3-4,11H2,1-2H3,(H,23,24). The van der Waals surface area contributed by atoms with E-state index in [0.29, 0.717) is 27.7 Å². The van der Waals surface area contributed by atoms with Crippen LogP contribution in [0, 0.1) is 0 Å². The molecule has 1 unspecified atom stereocenters. The van der Waals surface area contributed by atoms with Gasteiger partial charge >= 0.3 is 12.3 Å². The van der Waals surface area contributed by atoms with Gasteiger partial charge in [-0.15, -0.1) is 11.3 Å². The Kier molecular flexibility index (Phi) is 7.76. The lowest BCUT2D eigenvalue weighted by Gasteiger charge is -2.09. The number of amides is 1. The lowest BCUT2D eigenvalue weighted by molar-refractivity contribution is -0.137. The molecule has 0 bridgehead atoms. The molecule has 10 heteroatoms. The Balaban J connectivity index is 2.36. The number of benzene rings is 1. The van der Waals surface area contributed by atoms with E-state index in [4.69, 9.17) is 4.74 Å². The molecule has 0 radical (unpaired) electrons. The van der Waals surface area contributed by atoms with Crippen molar-refractivity contribution in [2.24, 2.45) is 5.10 Å². The fraction of sp³-hybridized carbons (Fsp3) is 0.333. The van der Waals surface area contributed by atoms with E-state index in [1.54, 1.807) is 19.1 Å². The second-order valence-corrected chi connectivity index (χ2v) is 8.42. The quantitative estimate of drug-likeness (QED) is 0.516. The van der Waals surface area contributed by atoms with Crippen molar-refractivity contribution in [2.75, 3.05) is 12.4 Å². The van der Waals surface area contributed by atoms with Gasteiger partial charge in [0.05, 0.1) is 22.8 Å². The monoisotopic (exact) mass is 432 g/mol. The maximum absolute atomic E-state index is 12.8. The van der Waals surface area contributed by atoms with Gasteiger partial charge < -0.3 is 4.74 Å². The zero-order valence-electron chi connectivity index (χ0n) is 15.2. The SMILES string of the molecule is CCOC(=O)NN=C(c1ccc(C(F)(F)F)cc1)c1ccc(CS(=O)CC)s1. The van der Waals surface area contributed by atoms with Gasteiger partial charge in [-0.05, 0) is 31.2 Å². The molecular formula is C18H19F3N2O3S2. The molecule has 1 N–H and O–H groups in total. The predicted octanol–water partition coefficient (Wildman–Crippen LogP) is 4.53. The number of alkyl halides is 3. The molecule has 0 aliphatic carbocycles. The molecular weight excluding hydrogens is 413 g/mol. The van der Waals surface area contributed by atoms with Crippen LogP contribution in [0.2, 0.25) is 0 Å². The molecule has 28 heavy (non-hydrogen) atoms. The van der Waals surface area contributed by atoms with Crippen LogP contribution in [0.4, 0.5) is 18.0 Å². The highest BCUT2D eigenvalue weighted by molar-refractivity contribution is 7.84.